The number of hydrogen-bond acceptors (Lipinski definition) is 2. The third kappa shape index (κ3) is 1.25. The summed E-state index contributed by atoms with van der Waals surface area (Å²) in [4.78, 5) is 0. The van der Waals surface area contributed by atoms with Crippen LogP contribution >= 0.6 is 0 Å². The number of rotatable bonds is 1. The van der Waals surface area contributed by atoms with Crippen molar-refractivity contribution in [2.75, 3.05) is 6.54 Å². The first-order chi connectivity index (χ1) is 5.79. The summed E-state index contributed by atoms with van der Waals surface area (Å²) in [6.07, 6.45) is 2.37. The molecule has 2 rings (SSSR count). The van der Waals surface area contributed by atoms with Crippen molar-refractivity contribution in [2.45, 2.75) is 26.3 Å². The molecular weight excluding hydrogens is 150 g/mol. The van der Waals surface area contributed by atoms with E-state index in [-0.39, 0.29) is 0 Å². The zero-order chi connectivity index (χ0) is 8.55. The van der Waals surface area contributed by atoms with Gasteiger partial charge in [0.05, 0.1) is 5.69 Å². The van der Waals surface area contributed by atoms with Crippen molar-refractivity contribution in [3.05, 3.63) is 17.5 Å². The Kier molecular flexibility index (Phi) is 1.89. The van der Waals surface area contributed by atoms with E-state index < -0.39 is 0 Å². The van der Waals surface area contributed by atoms with Gasteiger partial charge in [-0.05, 0) is 38.3 Å². The smallest absolute Gasteiger partial charge is 0.0596 e. The molecule has 66 valence electrons. The average Bonchev–Trinajstić information content (AvgIpc) is 2.43. The van der Waals surface area contributed by atoms with Crippen LogP contribution in [0, 0.1) is 12.8 Å². The minimum atomic E-state index is 0.636. The molecule has 0 saturated carbocycles. The van der Waals surface area contributed by atoms with Crippen molar-refractivity contribution in [1.29, 1.82) is 0 Å². The Bertz CT molecular complexity index is 277. The van der Waals surface area contributed by atoms with Gasteiger partial charge in [-0.1, -0.05) is 0 Å². The van der Waals surface area contributed by atoms with Gasteiger partial charge in [-0.25, -0.2) is 0 Å². The fourth-order valence-corrected chi connectivity index (χ4v) is 1.84. The SMILES string of the molecule is Cc1cc2n(n1)CC(CN)CC2. The largest absolute Gasteiger partial charge is 0.330 e. The molecule has 3 heteroatoms. The Labute approximate surface area is 72.6 Å². The summed E-state index contributed by atoms with van der Waals surface area (Å²) in [5.74, 6) is 0.636. The number of aromatic nitrogens is 2. The highest BCUT2D eigenvalue weighted by Gasteiger charge is 2.17. The average molecular weight is 165 g/mol. The highest BCUT2D eigenvalue weighted by atomic mass is 15.3. The van der Waals surface area contributed by atoms with Gasteiger partial charge < -0.3 is 5.73 Å². The van der Waals surface area contributed by atoms with Crippen molar-refractivity contribution in [3.63, 3.8) is 0 Å². The predicted molar refractivity (Wildman–Crippen MR) is 47.8 cm³/mol. The fraction of sp³-hybridized carbons (Fsp3) is 0.667. The maximum atomic E-state index is 5.63. The highest BCUT2D eigenvalue weighted by Crippen LogP contribution is 2.18. The van der Waals surface area contributed by atoms with Crippen LogP contribution in [0.2, 0.25) is 0 Å². The van der Waals surface area contributed by atoms with Crippen LogP contribution in [-0.2, 0) is 13.0 Å². The van der Waals surface area contributed by atoms with Gasteiger partial charge >= 0.3 is 0 Å². The van der Waals surface area contributed by atoms with E-state index in [9.17, 15) is 0 Å². The summed E-state index contributed by atoms with van der Waals surface area (Å²) < 4.78 is 2.11. The van der Waals surface area contributed by atoms with Gasteiger partial charge in [-0.3, -0.25) is 4.68 Å². The van der Waals surface area contributed by atoms with Crippen LogP contribution in [0.5, 0.6) is 0 Å². The van der Waals surface area contributed by atoms with E-state index in [1.165, 1.54) is 12.1 Å². The lowest BCUT2D eigenvalue weighted by molar-refractivity contribution is 0.353. The van der Waals surface area contributed by atoms with Crippen molar-refractivity contribution >= 4 is 0 Å². The molecule has 1 aliphatic heterocycles. The third-order valence-corrected chi connectivity index (χ3v) is 2.56. The zero-order valence-electron chi connectivity index (χ0n) is 7.45. The van der Waals surface area contributed by atoms with Gasteiger partial charge in [0.1, 0.15) is 0 Å². The molecule has 0 radical (unpaired) electrons. The molecule has 1 unspecified atom stereocenters. The number of aryl methyl sites for hydroxylation is 2. The second kappa shape index (κ2) is 2.90. The molecule has 0 saturated heterocycles. The summed E-state index contributed by atoms with van der Waals surface area (Å²) in [5.41, 5.74) is 8.13. The van der Waals surface area contributed by atoms with Gasteiger partial charge in [-0.15, -0.1) is 0 Å². The van der Waals surface area contributed by atoms with Crippen LogP contribution in [0.15, 0.2) is 6.07 Å². The summed E-state index contributed by atoms with van der Waals surface area (Å²) in [7, 11) is 0. The minimum absolute atomic E-state index is 0.636. The monoisotopic (exact) mass is 165 g/mol. The Morgan fingerprint density at radius 1 is 1.75 bits per heavy atom. The first kappa shape index (κ1) is 7.80. The summed E-state index contributed by atoms with van der Waals surface area (Å²) in [6.45, 7) is 3.85. The van der Waals surface area contributed by atoms with Crippen molar-refractivity contribution in [3.8, 4) is 0 Å². The van der Waals surface area contributed by atoms with E-state index in [4.69, 9.17) is 5.73 Å². The Morgan fingerprint density at radius 3 is 3.33 bits per heavy atom. The molecule has 0 fully saturated rings. The van der Waals surface area contributed by atoms with E-state index >= 15 is 0 Å². The molecule has 0 spiro atoms. The normalized spacial score (nSPS) is 22.3. The topological polar surface area (TPSA) is 43.8 Å². The molecular formula is C9H15N3. The fourth-order valence-electron chi connectivity index (χ4n) is 1.84. The van der Waals surface area contributed by atoms with Gasteiger partial charge in [0.15, 0.2) is 0 Å². The second-order valence-corrected chi connectivity index (χ2v) is 3.60. The van der Waals surface area contributed by atoms with Crippen molar-refractivity contribution in [2.24, 2.45) is 11.7 Å². The Balaban J connectivity index is 2.22. The molecule has 1 atom stereocenters. The second-order valence-electron chi connectivity index (χ2n) is 3.60. The van der Waals surface area contributed by atoms with Crippen LogP contribution < -0.4 is 5.73 Å². The summed E-state index contributed by atoms with van der Waals surface area (Å²) in [6, 6.07) is 2.17. The molecule has 1 aromatic heterocycles. The van der Waals surface area contributed by atoms with Gasteiger partial charge in [0.2, 0.25) is 0 Å². The van der Waals surface area contributed by atoms with Crippen molar-refractivity contribution in [1.82, 2.24) is 9.78 Å². The van der Waals surface area contributed by atoms with E-state index in [1.54, 1.807) is 0 Å². The molecule has 0 bridgehead atoms. The van der Waals surface area contributed by atoms with Crippen LogP contribution in [-0.4, -0.2) is 16.3 Å². The maximum Gasteiger partial charge on any atom is 0.0596 e. The van der Waals surface area contributed by atoms with Gasteiger partial charge in [0.25, 0.3) is 0 Å². The minimum Gasteiger partial charge on any atom is -0.330 e. The maximum absolute atomic E-state index is 5.63. The van der Waals surface area contributed by atoms with E-state index in [2.05, 4.69) is 15.8 Å². The predicted octanol–water partition coefficient (Wildman–Crippen LogP) is 0.713. The first-order valence-electron chi connectivity index (χ1n) is 4.53. The Hall–Kier alpha value is -0.830. The molecule has 1 aliphatic rings. The molecule has 12 heavy (non-hydrogen) atoms. The van der Waals surface area contributed by atoms with Gasteiger partial charge in [0, 0.05) is 12.2 Å². The zero-order valence-corrected chi connectivity index (χ0v) is 7.45. The van der Waals surface area contributed by atoms with Gasteiger partial charge in [-0.2, -0.15) is 5.10 Å². The standard InChI is InChI=1S/C9H15N3/c1-7-4-9-3-2-8(5-10)6-12(9)11-7/h4,8H,2-3,5-6,10H2,1H3. The number of nitrogens with zero attached hydrogens (tertiary/aromatic N) is 2. The van der Waals surface area contributed by atoms with Crippen molar-refractivity contribution < 1.29 is 0 Å². The van der Waals surface area contributed by atoms with E-state index in [0.717, 1.165) is 25.2 Å². The molecule has 1 aromatic rings. The quantitative estimate of drug-likeness (QED) is 0.666. The number of hydrogen-bond donors (Lipinski definition) is 1. The molecule has 2 N–H and O–H groups in total. The Morgan fingerprint density at radius 2 is 2.58 bits per heavy atom. The summed E-state index contributed by atoms with van der Waals surface area (Å²) >= 11 is 0. The van der Waals surface area contributed by atoms with Crippen LogP contribution in [0.1, 0.15) is 17.8 Å². The summed E-state index contributed by atoms with van der Waals surface area (Å²) in [5, 5.41) is 4.41. The van der Waals surface area contributed by atoms with Crippen LogP contribution in [0.3, 0.4) is 0 Å². The lowest BCUT2D eigenvalue weighted by Crippen LogP contribution is -2.26. The van der Waals surface area contributed by atoms with Crippen LogP contribution in [0.4, 0.5) is 0 Å². The molecule has 3 nitrogen and oxygen atoms in total. The lowest BCUT2D eigenvalue weighted by atomic mass is 9.99. The molecule has 2 heterocycles. The lowest BCUT2D eigenvalue weighted by Gasteiger charge is -2.21. The van der Waals surface area contributed by atoms with Crippen LogP contribution in [0.25, 0.3) is 0 Å². The molecule has 0 amide bonds. The molecule has 0 aromatic carbocycles. The molecule has 0 aliphatic carbocycles. The third-order valence-electron chi connectivity index (χ3n) is 2.56. The first-order valence-corrected chi connectivity index (χ1v) is 4.53. The number of nitrogens with two attached hydrogens (primary N) is 1. The van der Waals surface area contributed by atoms with E-state index in [1.807, 2.05) is 6.92 Å². The van der Waals surface area contributed by atoms with E-state index in [0.29, 0.717) is 5.92 Å². The number of fused-ring (bicyclic) bond motifs is 1. The highest BCUT2D eigenvalue weighted by molar-refractivity contribution is 5.10.